The third-order valence-corrected chi connectivity index (χ3v) is 3.79. The largest absolute Gasteiger partial charge is 0.385 e. The van der Waals surface area contributed by atoms with Gasteiger partial charge in [0.15, 0.2) is 6.29 Å². The molecule has 0 radical (unpaired) electrons. The van der Waals surface area contributed by atoms with Crippen molar-refractivity contribution < 1.29 is 19.2 Å². The third-order valence-electron chi connectivity index (χ3n) is 3.79. The number of carbonyl (C=O) groups excluding carboxylic acids is 4. The number of hydrogen-bond acceptors (Lipinski definition) is 5. The Kier molecular flexibility index (Phi) is 5.10. The number of nitrogens with one attached hydrogen (secondary N) is 2. The van der Waals surface area contributed by atoms with Gasteiger partial charge in [-0.1, -0.05) is 0 Å². The van der Waals surface area contributed by atoms with Crippen LogP contribution in [0, 0.1) is 0 Å². The van der Waals surface area contributed by atoms with Gasteiger partial charge in [-0.25, -0.2) is 0 Å². The molecule has 122 valence electrons. The molecule has 1 aliphatic heterocycles. The molecule has 7 heteroatoms. The summed E-state index contributed by atoms with van der Waals surface area (Å²) in [6.45, 7) is 2.62. The van der Waals surface area contributed by atoms with Gasteiger partial charge in [-0.3, -0.25) is 24.5 Å². The molecule has 1 unspecified atom stereocenters. The monoisotopic (exact) mass is 317 g/mol. The van der Waals surface area contributed by atoms with Crippen LogP contribution in [0.15, 0.2) is 18.2 Å². The third kappa shape index (κ3) is 3.56. The van der Waals surface area contributed by atoms with Gasteiger partial charge in [-0.15, -0.1) is 0 Å². The Balaban J connectivity index is 2.23. The second kappa shape index (κ2) is 7.04. The first kappa shape index (κ1) is 16.7. The van der Waals surface area contributed by atoms with Crippen LogP contribution in [0.1, 0.15) is 40.5 Å². The summed E-state index contributed by atoms with van der Waals surface area (Å²) < 4.78 is 0. The molecular formula is C16H19N3O4. The molecular weight excluding hydrogens is 298 g/mol. The van der Waals surface area contributed by atoms with Crippen LogP contribution in [0.25, 0.3) is 0 Å². The maximum atomic E-state index is 12.6. The molecule has 1 aromatic rings. The quantitative estimate of drug-likeness (QED) is 0.619. The average Bonchev–Trinajstić information content (AvgIpc) is 2.54. The van der Waals surface area contributed by atoms with E-state index in [-0.39, 0.29) is 29.9 Å². The number of piperidine rings is 1. The van der Waals surface area contributed by atoms with Gasteiger partial charge in [0.1, 0.15) is 6.04 Å². The maximum absolute atomic E-state index is 12.6. The van der Waals surface area contributed by atoms with Gasteiger partial charge < -0.3 is 10.2 Å². The van der Waals surface area contributed by atoms with E-state index in [1.165, 1.54) is 11.9 Å². The van der Waals surface area contributed by atoms with Crippen molar-refractivity contribution in [2.75, 3.05) is 18.9 Å². The molecule has 2 rings (SSSR count). The summed E-state index contributed by atoms with van der Waals surface area (Å²) in [5.41, 5.74) is 1.23. The van der Waals surface area contributed by atoms with E-state index in [4.69, 9.17) is 0 Å². The molecule has 1 aromatic carbocycles. The lowest BCUT2D eigenvalue weighted by Crippen LogP contribution is -2.53. The van der Waals surface area contributed by atoms with Crippen molar-refractivity contribution in [1.29, 1.82) is 0 Å². The van der Waals surface area contributed by atoms with Crippen molar-refractivity contribution in [2.45, 2.75) is 25.8 Å². The summed E-state index contributed by atoms with van der Waals surface area (Å²) in [6.07, 6.45) is 1.08. The SMILES string of the molecule is CCNc1ccc(C(=O)N(C)C2CCC(=O)NC2=O)c(C=O)c1. The predicted octanol–water partition coefficient (Wildman–Crippen LogP) is 0.808. The molecule has 1 saturated heterocycles. The number of rotatable bonds is 5. The number of hydrogen-bond donors (Lipinski definition) is 2. The molecule has 0 aromatic heterocycles. The zero-order chi connectivity index (χ0) is 17.0. The number of nitrogens with zero attached hydrogens (tertiary/aromatic N) is 1. The van der Waals surface area contributed by atoms with Gasteiger partial charge in [0.2, 0.25) is 11.8 Å². The number of amides is 3. The normalized spacial score (nSPS) is 17.4. The molecule has 0 saturated carbocycles. The number of imide groups is 1. The minimum Gasteiger partial charge on any atom is -0.385 e. The maximum Gasteiger partial charge on any atom is 0.255 e. The molecule has 0 bridgehead atoms. The fourth-order valence-corrected chi connectivity index (χ4v) is 2.55. The number of aldehydes is 1. The minimum atomic E-state index is -0.715. The van der Waals surface area contributed by atoms with Crippen LogP contribution in [0.2, 0.25) is 0 Å². The Morgan fingerprint density at radius 2 is 2.17 bits per heavy atom. The van der Waals surface area contributed by atoms with Crippen molar-refractivity contribution in [3.05, 3.63) is 29.3 Å². The van der Waals surface area contributed by atoms with E-state index in [0.717, 1.165) is 5.69 Å². The van der Waals surface area contributed by atoms with Crippen LogP contribution < -0.4 is 10.6 Å². The molecule has 2 N–H and O–H groups in total. The standard InChI is InChI=1S/C16H19N3O4/c1-3-17-11-4-5-12(10(8-11)9-20)16(23)19(2)13-6-7-14(21)18-15(13)22/h4-5,8-9,13,17H,3,6-7H2,1-2H3,(H,18,21,22). The average molecular weight is 317 g/mol. The summed E-state index contributed by atoms with van der Waals surface area (Å²) in [6, 6.07) is 4.16. The van der Waals surface area contributed by atoms with E-state index < -0.39 is 17.9 Å². The molecule has 0 spiro atoms. The van der Waals surface area contributed by atoms with Gasteiger partial charge in [0.05, 0.1) is 5.56 Å². The van der Waals surface area contributed by atoms with E-state index in [1.807, 2.05) is 6.92 Å². The second-order valence-corrected chi connectivity index (χ2v) is 5.33. The Bertz CT molecular complexity index is 657. The zero-order valence-electron chi connectivity index (χ0n) is 13.1. The van der Waals surface area contributed by atoms with Crippen LogP contribution in [0.4, 0.5) is 5.69 Å². The van der Waals surface area contributed by atoms with Crippen LogP contribution in [-0.4, -0.2) is 48.5 Å². The first-order valence-corrected chi connectivity index (χ1v) is 7.41. The molecule has 1 heterocycles. The lowest BCUT2D eigenvalue weighted by molar-refractivity contribution is -0.136. The van der Waals surface area contributed by atoms with Crippen LogP contribution in [0.5, 0.6) is 0 Å². The van der Waals surface area contributed by atoms with Crippen molar-refractivity contribution in [3.63, 3.8) is 0 Å². The van der Waals surface area contributed by atoms with Crippen molar-refractivity contribution in [3.8, 4) is 0 Å². The van der Waals surface area contributed by atoms with Gasteiger partial charge in [0.25, 0.3) is 5.91 Å². The molecule has 0 aliphatic carbocycles. The summed E-state index contributed by atoms with van der Waals surface area (Å²) >= 11 is 0. The highest BCUT2D eigenvalue weighted by atomic mass is 16.2. The number of anilines is 1. The summed E-state index contributed by atoms with van der Waals surface area (Å²) in [7, 11) is 1.50. The fraction of sp³-hybridized carbons (Fsp3) is 0.375. The summed E-state index contributed by atoms with van der Waals surface area (Å²) in [5, 5.41) is 5.29. The Labute approximate surface area is 134 Å². The fourth-order valence-electron chi connectivity index (χ4n) is 2.55. The minimum absolute atomic E-state index is 0.188. The van der Waals surface area contributed by atoms with Crippen molar-refractivity contribution in [2.24, 2.45) is 0 Å². The molecule has 1 fully saturated rings. The van der Waals surface area contributed by atoms with Crippen LogP contribution in [-0.2, 0) is 9.59 Å². The van der Waals surface area contributed by atoms with E-state index in [9.17, 15) is 19.2 Å². The molecule has 23 heavy (non-hydrogen) atoms. The Hall–Kier alpha value is -2.70. The first-order chi connectivity index (χ1) is 11.0. The zero-order valence-corrected chi connectivity index (χ0v) is 13.1. The van der Waals surface area contributed by atoms with Crippen LogP contribution >= 0.6 is 0 Å². The second-order valence-electron chi connectivity index (χ2n) is 5.33. The van der Waals surface area contributed by atoms with Gasteiger partial charge in [-0.2, -0.15) is 0 Å². The molecule has 1 atom stereocenters. The highest BCUT2D eigenvalue weighted by Gasteiger charge is 2.33. The highest BCUT2D eigenvalue weighted by Crippen LogP contribution is 2.19. The van der Waals surface area contributed by atoms with Gasteiger partial charge in [-0.05, 0) is 31.5 Å². The van der Waals surface area contributed by atoms with Crippen molar-refractivity contribution >= 4 is 29.7 Å². The highest BCUT2D eigenvalue weighted by molar-refractivity contribution is 6.06. The molecule has 3 amide bonds. The van der Waals surface area contributed by atoms with Crippen molar-refractivity contribution in [1.82, 2.24) is 10.2 Å². The van der Waals surface area contributed by atoms with Gasteiger partial charge in [0, 0.05) is 31.3 Å². The Morgan fingerprint density at radius 1 is 1.43 bits per heavy atom. The number of likely N-dealkylation sites (N-methyl/N-ethyl adjacent to an activating group) is 1. The van der Waals surface area contributed by atoms with E-state index in [2.05, 4.69) is 10.6 Å². The smallest absolute Gasteiger partial charge is 0.255 e. The topological polar surface area (TPSA) is 95.6 Å². The number of carbonyl (C=O) groups is 4. The van der Waals surface area contributed by atoms with E-state index in [1.54, 1.807) is 18.2 Å². The van der Waals surface area contributed by atoms with Gasteiger partial charge >= 0.3 is 0 Å². The lowest BCUT2D eigenvalue weighted by Gasteiger charge is -2.30. The van der Waals surface area contributed by atoms with E-state index >= 15 is 0 Å². The first-order valence-electron chi connectivity index (χ1n) is 7.41. The predicted molar refractivity (Wildman–Crippen MR) is 84.3 cm³/mol. The molecule has 7 nitrogen and oxygen atoms in total. The molecule has 1 aliphatic rings. The van der Waals surface area contributed by atoms with Crippen LogP contribution in [0.3, 0.4) is 0 Å². The number of benzene rings is 1. The summed E-state index contributed by atoms with van der Waals surface area (Å²) in [5.74, 6) is -1.26. The lowest BCUT2D eigenvalue weighted by atomic mass is 10.0. The Morgan fingerprint density at radius 3 is 2.78 bits per heavy atom. The summed E-state index contributed by atoms with van der Waals surface area (Å²) in [4.78, 5) is 48.2. The van der Waals surface area contributed by atoms with E-state index in [0.29, 0.717) is 12.8 Å².